The van der Waals surface area contributed by atoms with Crippen LogP contribution in [0.15, 0.2) is 29.8 Å². The van der Waals surface area contributed by atoms with Crippen LogP contribution in [0.4, 0.5) is 4.79 Å². The lowest BCUT2D eigenvalue weighted by molar-refractivity contribution is -0.249. The zero-order valence-corrected chi connectivity index (χ0v) is 41.3. The molecule has 7 aliphatic rings. The molecule has 3 saturated carbocycles. The molecule has 1 saturated heterocycles. The lowest BCUT2D eigenvalue weighted by Gasteiger charge is -2.58. The molecule has 14 atom stereocenters. The molecule has 9 rings (SSSR count). The Morgan fingerprint density at radius 2 is 1.71 bits per heavy atom. The van der Waals surface area contributed by atoms with E-state index in [4.69, 9.17) is 18.9 Å². The number of hydrogen-bond acceptors (Lipinski definition) is 13. The van der Waals surface area contributed by atoms with E-state index in [1.807, 2.05) is 0 Å². The molecule has 6 aliphatic carbocycles. The lowest BCUT2D eigenvalue weighted by Crippen LogP contribution is -2.56. The molecule has 0 radical (unpaired) electrons. The Labute approximate surface area is 405 Å². The minimum Gasteiger partial charge on any atom is -0.507 e. The van der Waals surface area contributed by atoms with Gasteiger partial charge in [-0.05, 0) is 104 Å². The molecule has 0 spiro atoms. The maximum absolute atomic E-state index is 14.1. The molecule has 1 aliphatic heterocycles. The van der Waals surface area contributed by atoms with Gasteiger partial charge in [0.15, 0.2) is 17.9 Å². The normalized spacial score (nSPS) is 36.2. The van der Waals surface area contributed by atoms with Crippen molar-refractivity contribution >= 4 is 23.4 Å². The van der Waals surface area contributed by atoms with Crippen LogP contribution in [0.5, 0.6) is 17.2 Å². The number of phenolic OH excluding ortho intramolecular Hbond substituents is 2. The highest BCUT2D eigenvalue weighted by atomic mass is 16.7. The van der Waals surface area contributed by atoms with Gasteiger partial charge in [-0.3, -0.25) is 14.4 Å². The molecular formula is C55H73NO13. The van der Waals surface area contributed by atoms with Gasteiger partial charge < -0.3 is 49.8 Å². The third kappa shape index (κ3) is 8.41. The number of carbonyl (C=O) groups excluding carboxylic acids is 4. The molecule has 1 amide bonds. The van der Waals surface area contributed by atoms with Crippen molar-refractivity contribution in [3.8, 4) is 17.2 Å². The molecule has 2 unspecified atom stereocenters. The maximum Gasteiger partial charge on any atom is 0.407 e. The fourth-order valence-corrected chi connectivity index (χ4v) is 14.9. The van der Waals surface area contributed by atoms with E-state index in [0.717, 1.165) is 42.9 Å². The van der Waals surface area contributed by atoms with E-state index >= 15 is 0 Å². The molecule has 6 N–H and O–H groups in total. The number of aliphatic hydroxyl groups excluding tert-OH is 2. The predicted octanol–water partition coefficient (Wildman–Crippen LogP) is 8.18. The van der Waals surface area contributed by atoms with E-state index in [9.17, 15) is 44.7 Å². The first-order chi connectivity index (χ1) is 32.7. The number of fused-ring (bicyclic) bond motifs is 8. The van der Waals surface area contributed by atoms with Crippen LogP contribution in [0, 0.1) is 46.3 Å². The van der Waals surface area contributed by atoms with Crippen LogP contribution in [0.3, 0.4) is 0 Å². The van der Waals surface area contributed by atoms with Crippen LogP contribution in [-0.2, 0) is 25.4 Å². The molecule has 69 heavy (non-hydrogen) atoms. The molecular weight excluding hydrogens is 883 g/mol. The number of aromatic hydroxyl groups is 2. The number of aliphatic hydroxyl groups is 3. The third-order valence-corrected chi connectivity index (χ3v) is 18.6. The quantitative estimate of drug-likeness (QED) is 0.0747. The minimum atomic E-state index is -2.33. The Morgan fingerprint density at radius 3 is 2.43 bits per heavy atom. The van der Waals surface area contributed by atoms with Crippen LogP contribution < -0.4 is 10.1 Å². The summed E-state index contributed by atoms with van der Waals surface area (Å²) in [7, 11) is 1.33. The average molecular weight is 956 g/mol. The molecule has 0 aromatic heterocycles. The highest BCUT2D eigenvalue weighted by molar-refractivity contribution is 6.31. The van der Waals surface area contributed by atoms with Crippen molar-refractivity contribution in [3.05, 3.63) is 63.2 Å². The molecule has 0 bridgehead atoms. The summed E-state index contributed by atoms with van der Waals surface area (Å²) in [5.41, 5.74) is -2.04. The highest BCUT2D eigenvalue weighted by Crippen LogP contribution is 2.67. The molecule has 2 aromatic carbocycles. The van der Waals surface area contributed by atoms with E-state index in [1.54, 1.807) is 6.92 Å². The van der Waals surface area contributed by atoms with Crippen LogP contribution in [-0.4, -0.2) is 98.9 Å². The van der Waals surface area contributed by atoms with Crippen molar-refractivity contribution < 1.29 is 63.7 Å². The van der Waals surface area contributed by atoms with Gasteiger partial charge in [-0.25, -0.2) is 4.79 Å². The van der Waals surface area contributed by atoms with Crippen molar-refractivity contribution in [2.75, 3.05) is 13.7 Å². The summed E-state index contributed by atoms with van der Waals surface area (Å²) in [6.07, 6.45) is 7.91. The number of ether oxygens (including phenoxy) is 4. The maximum atomic E-state index is 14.1. The Bertz CT molecular complexity index is 2410. The van der Waals surface area contributed by atoms with Gasteiger partial charge >= 0.3 is 6.09 Å². The topological polar surface area (TPSA) is 218 Å². The van der Waals surface area contributed by atoms with Crippen LogP contribution in [0.25, 0.3) is 0 Å². The van der Waals surface area contributed by atoms with Crippen LogP contribution >= 0.6 is 0 Å². The largest absolute Gasteiger partial charge is 0.507 e. The van der Waals surface area contributed by atoms with Crippen molar-refractivity contribution in [3.63, 3.8) is 0 Å². The van der Waals surface area contributed by atoms with Gasteiger partial charge in [0.1, 0.15) is 41.7 Å². The van der Waals surface area contributed by atoms with Crippen molar-refractivity contribution in [2.24, 2.45) is 46.3 Å². The number of hydrogen-bond donors (Lipinski definition) is 6. The highest BCUT2D eigenvalue weighted by Gasteiger charge is 2.59. The summed E-state index contributed by atoms with van der Waals surface area (Å²) in [4.78, 5) is 54.9. The number of rotatable bonds is 12. The van der Waals surface area contributed by atoms with Gasteiger partial charge in [0.05, 0.1) is 42.0 Å². The molecule has 376 valence electrons. The van der Waals surface area contributed by atoms with Gasteiger partial charge in [-0.1, -0.05) is 77.7 Å². The van der Waals surface area contributed by atoms with Gasteiger partial charge in [0, 0.05) is 42.4 Å². The SMILES string of the molecule is COc1cccc2c1C(=O)c1c(O)c3c(c(O)c1C2=O)C[C@@](O)(C(=O)CO)CC3O[C@@H]1CC(NC(=O)O[C@H]2CC[C@@]3(C)C(=CC[C@H]4[C@@H]5CC[C@H]([C@H](C)CCCC(C)C)[C@@]5(C)CC[C@@H]43)C2)[C@@H](O)[C@@H](C)O1. The fourth-order valence-electron chi connectivity index (χ4n) is 14.9. The first-order valence-corrected chi connectivity index (χ1v) is 25.6. The Hall–Kier alpha value is -4.34. The number of carbonyl (C=O) groups is 4. The zero-order valence-electron chi connectivity index (χ0n) is 41.3. The number of nitrogens with one attached hydrogen (secondary N) is 1. The van der Waals surface area contributed by atoms with Gasteiger partial charge in [-0.15, -0.1) is 0 Å². The number of methoxy groups -OCH3 is 1. The number of Topliss-reactive ketones (excluding diaryl/α,β-unsaturated/α-hetero) is 1. The second kappa shape index (κ2) is 18.7. The molecule has 14 nitrogen and oxygen atoms in total. The van der Waals surface area contributed by atoms with E-state index < -0.39 is 102 Å². The van der Waals surface area contributed by atoms with Gasteiger partial charge in [0.25, 0.3) is 0 Å². The summed E-state index contributed by atoms with van der Waals surface area (Å²) >= 11 is 0. The number of benzene rings is 2. The Morgan fingerprint density at radius 1 is 0.957 bits per heavy atom. The van der Waals surface area contributed by atoms with E-state index in [-0.39, 0.29) is 45.9 Å². The summed E-state index contributed by atoms with van der Waals surface area (Å²) in [5, 5.41) is 59.5. The lowest BCUT2D eigenvalue weighted by atomic mass is 9.47. The van der Waals surface area contributed by atoms with Gasteiger partial charge in [0.2, 0.25) is 5.78 Å². The first-order valence-electron chi connectivity index (χ1n) is 25.6. The molecule has 1 heterocycles. The number of allylic oxidation sites excluding steroid dienone is 1. The van der Waals surface area contributed by atoms with E-state index in [0.29, 0.717) is 23.7 Å². The minimum absolute atomic E-state index is 0.0643. The number of phenols is 2. The smallest absolute Gasteiger partial charge is 0.407 e. The Balaban J connectivity index is 0.886. The monoisotopic (exact) mass is 956 g/mol. The first kappa shape index (κ1) is 49.6. The molecule has 14 heteroatoms. The second-order valence-corrected chi connectivity index (χ2v) is 22.8. The number of alkyl carbamates (subject to hydrolysis) is 1. The molecule has 2 aromatic rings. The second-order valence-electron chi connectivity index (χ2n) is 22.8. The summed E-state index contributed by atoms with van der Waals surface area (Å²) in [5.74, 6) is 0.407. The van der Waals surface area contributed by atoms with Crippen molar-refractivity contribution in [1.82, 2.24) is 5.32 Å². The van der Waals surface area contributed by atoms with Crippen LogP contribution in [0.2, 0.25) is 0 Å². The van der Waals surface area contributed by atoms with Crippen molar-refractivity contribution in [1.29, 1.82) is 0 Å². The number of ketones is 3. The molecule has 4 fully saturated rings. The van der Waals surface area contributed by atoms with Crippen LogP contribution in [0.1, 0.15) is 174 Å². The summed E-state index contributed by atoms with van der Waals surface area (Å²) < 4.78 is 23.9. The summed E-state index contributed by atoms with van der Waals surface area (Å²) in [6.45, 7) is 12.8. The van der Waals surface area contributed by atoms with Crippen molar-refractivity contribution in [2.45, 2.75) is 174 Å². The summed E-state index contributed by atoms with van der Waals surface area (Å²) in [6, 6.07) is 3.45. The van der Waals surface area contributed by atoms with Gasteiger partial charge in [-0.2, -0.15) is 0 Å². The van der Waals surface area contributed by atoms with E-state index in [2.05, 4.69) is 46.0 Å². The Kier molecular flexibility index (Phi) is 13.4. The standard InChI is InChI=1S/C55H73NO13/c1-27(2)10-8-11-28(3)35-16-17-36-32-15-14-30-22-31(18-20-53(30,5)37(32)19-21-54(35,36)6)68-52(64)56-38-23-42(67-29(4)47(38)59)69-40-25-55(65,41(58)26-57)24-34-44(40)51(63)46-45(49(34)61)48(60)33-12-9-13-39(66-7)43(33)50(46)62/h9,12-14,27-29,31-32,35-38,40,42,47,57,59,61,63,65H,8,10-11,15-26H2,1-7H3,(H,56,64)/t28-,29-,31+,32+,35-,36+,37+,38?,40?,42-,47+,53+,54-,55+/m1/s1. The number of amides is 1. The zero-order chi connectivity index (χ0) is 49.5. The third-order valence-electron chi connectivity index (χ3n) is 18.6. The van der Waals surface area contributed by atoms with E-state index in [1.165, 1.54) is 75.8 Å². The average Bonchev–Trinajstić information content (AvgIpc) is 3.67. The predicted molar refractivity (Wildman–Crippen MR) is 254 cm³/mol. The fraction of sp³-hybridized carbons (Fsp3) is 0.673.